The van der Waals surface area contributed by atoms with Crippen LogP contribution in [0.5, 0.6) is 5.75 Å². The Labute approximate surface area is 105 Å². The van der Waals surface area contributed by atoms with E-state index in [0.717, 1.165) is 5.56 Å². The summed E-state index contributed by atoms with van der Waals surface area (Å²) < 4.78 is 10.1. The second-order valence-corrected chi connectivity index (χ2v) is 3.96. The number of hydrogen-bond donors (Lipinski definition) is 0. The lowest BCUT2D eigenvalue weighted by molar-refractivity contribution is 0.385. The zero-order valence-electron chi connectivity index (χ0n) is 10.3. The third-order valence-electron chi connectivity index (χ3n) is 2.56. The fraction of sp³-hybridized carbons (Fsp3) is 0.133. The lowest BCUT2D eigenvalue weighted by Crippen LogP contribution is -2.03. The quantitative estimate of drug-likeness (QED) is 0.830. The summed E-state index contributed by atoms with van der Waals surface area (Å²) in [4.78, 5) is 11.5. The first-order valence-corrected chi connectivity index (χ1v) is 5.60. The molecule has 0 unspecified atom stereocenters. The summed E-state index contributed by atoms with van der Waals surface area (Å²) in [5, 5.41) is 0. The second-order valence-electron chi connectivity index (χ2n) is 3.96. The summed E-state index contributed by atoms with van der Waals surface area (Å²) in [5.41, 5.74) is 2.08. The van der Waals surface area contributed by atoms with Gasteiger partial charge < -0.3 is 9.15 Å². The first kappa shape index (κ1) is 12.2. The first-order chi connectivity index (χ1) is 8.69. The molecule has 1 aromatic carbocycles. The molecule has 1 heterocycles. The van der Waals surface area contributed by atoms with E-state index in [1.54, 1.807) is 6.08 Å². The van der Waals surface area contributed by atoms with Gasteiger partial charge >= 0.3 is 0 Å². The van der Waals surface area contributed by atoms with E-state index in [9.17, 15) is 4.79 Å². The maximum Gasteiger partial charge on any atom is 0.227 e. The Morgan fingerprint density at radius 1 is 1.17 bits per heavy atom. The largest absolute Gasteiger partial charge is 0.490 e. The molecule has 1 aromatic heterocycles. The van der Waals surface area contributed by atoms with E-state index in [0.29, 0.717) is 5.76 Å². The van der Waals surface area contributed by atoms with Crippen molar-refractivity contribution in [2.24, 2.45) is 0 Å². The third-order valence-corrected chi connectivity index (χ3v) is 2.56. The number of aryl methyl sites for hydroxylation is 1. The minimum Gasteiger partial charge on any atom is -0.490 e. The Morgan fingerprint density at radius 3 is 2.50 bits per heavy atom. The van der Waals surface area contributed by atoms with E-state index in [1.165, 1.54) is 25.0 Å². The van der Waals surface area contributed by atoms with E-state index in [2.05, 4.69) is 0 Å². The Kier molecular flexibility index (Phi) is 3.63. The molecule has 2 aromatic rings. The van der Waals surface area contributed by atoms with Crippen LogP contribution in [-0.2, 0) is 0 Å². The molecule has 0 spiro atoms. The smallest absolute Gasteiger partial charge is 0.227 e. The van der Waals surface area contributed by atoms with Gasteiger partial charge in [0.05, 0.1) is 7.11 Å². The van der Waals surface area contributed by atoms with Crippen LogP contribution in [0.15, 0.2) is 45.8 Å². The van der Waals surface area contributed by atoms with Gasteiger partial charge in [-0.15, -0.1) is 0 Å². The maximum absolute atomic E-state index is 11.5. The van der Waals surface area contributed by atoms with Crippen LogP contribution < -0.4 is 10.2 Å². The van der Waals surface area contributed by atoms with E-state index >= 15 is 0 Å². The van der Waals surface area contributed by atoms with Crippen LogP contribution in [0, 0.1) is 6.92 Å². The normalized spacial score (nSPS) is 10.8. The minimum absolute atomic E-state index is 0.188. The Morgan fingerprint density at radius 2 is 1.89 bits per heavy atom. The molecule has 2 rings (SSSR count). The molecule has 18 heavy (non-hydrogen) atoms. The minimum atomic E-state index is -0.188. The summed E-state index contributed by atoms with van der Waals surface area (Å²) in [6.07, 6.45) is 4.97. The highest BCUT2D eigenvalue weighted by molar-refractivity contribution is 5.67. The van der Waals surface area contributed by atoms with Crippen LogP contribution in [0.3, 0.4) is 0 Å². The van der Waals surface area contributed by atoms with Crippen LogP contribution in [-0.4, -0.2) is 7.11 Å². The zero-order chi connectivity index (χ0) is 13.0. The molecular formula is C15H14O3. The summed E-state index contributed by atoms with van der Waals surface area (Å²) in [6.45, 7) is 2.04. The fourth-order valence-corrected chi connectivity index (χ4v) is 1.51. The molecule has 0 amide bonds. The Balaban J connectivity index is 2.21. The van der Waals surface area contributed by atoms with Crippen molar-refractivity contribution in [3.63, 3.8) is 0 Å². The highest BCUT2D eigenvalue weighted by Gasteiger charge is 2.00. The number of rotatable bonds is 3. The molecule has 0 fully saturated rings. The lowest BCUT2D eigenvalue weighted by atomic mass is 10.1. The number of ether oxygens (including phenoxy) is 1. The maximum atomic E-state index is 11.5. The van der Waals surface area contributed by atoms with E-state index in [1.807, 2.05) is 37.3 Å². The highest BCUT2D eigenvalue weighted by Crippen LogP contribution is 2.10. The number of benzene rings is 1. The molecule has 0 aliphatic carbocycles. The van der Waals surface area contributed by atoms with Crippen molar-refractivity contribution in [1.29, 1.82) is 0 Å². The summed E-state index contributed by atoms with van der Waals surface area (Å²) in [6, 6.07) is 9.48. The first-order valence-electron chi connectivity index (χ1n) is 5.60. The summed E-state index contributed by atoms with van der Waals surface area (Å²) >= 11 is 0. The molecule has 0 aliphatic heterocycles. The Bertz CT molecular complexity index is 606. The van der Waals surface area contributed by atoms with Crippen molar-refractivity contribution in [2.45, 2.75) is 6.92 Å². The summed E-state index contributed by atoms with van der Waals surface area (Å²) in [7, 11) is 1.44. The predicted molar refractivity (Wildman–Crippen MR) is 71.6 cm³/mol. The van der Waals surface area contributed by atoms with Gasteiger partial charge in [0.15, 0.2) is 0 Å². The molecule has 0 saturated carbocycles. The highest BCUT2D eigenvalue weighted by atomic mass is 16.5. The van der Waals surface area contributed by atoms with E-state index in [4.69, 9.17) is 9.15 Å². The van der Waals surface area contributed by atoms with Crippen LogP contribution in [0.25, 0.3) is 12.2 Å². The van der Waals surface area contributed by atoms with Crippen molar-refractivity contribution < 1.29 is 9.15 Å². The molecule has 0 saturated heterocycles. The van der Waals surface area contributed by atoms with Gasteiger partial charge in [0.25, 0.3) is 0 Å². The van der Waals surface area contributed by atoms with Crippen molar-refractivity contribution in [1.82, 2.24) is 0 Å². The van der Waals surface area contributed by atoms with Crippen molar-refractivity contribution in [3.05, 3.63) is 63.7 Å². The van der Waals surface area contributed by atoms with Crippen LogP contribution >= 0.6 is 0 Å². The fourth-order valence-electron chi connectivity index (χ4n) is 1.51. The topological polar surface area (TPSA) is 39.4 Å². The van der Waals surface area contributed by atoms with Gasteiger partial charge in [0.2, 0.25) is 11.2 Å². The van der Waals surface area contributed by atoms with E-state index in [-0.39, 0.29) is 11.2 Å². The van der Waals surface area contributed by atoms with Crippen LogP contribution in [0.1, 0.15) is 16.9 Å². The van der Waals surface area contributed by atoms with Crippen molar-refractivity contribution in [2.75, 3.05) is 7.11 Å². The molecular weight excluding hydrogens is 228 g/mol. The molecule has 0 radical (unpaired) electrons. The number of hydrogen-bond acceptors (Lipinski definition) is 3. The van der Waals surface area contributed by atoms with Gasteiger partial charge in [0, 0.05) is 6.07 Å². The van der Waals surface area contributed by atoms with Crippen molar-refractivity contribution >= 4 is 12.2 Å². The van der Waals surface area contributed by atoms with Crippen LogP contribution in [0.4, 0.5) is 0 Å². The Hall–Kier alpha value is -2.29. The lowest BCUT2D eigenvalue weighted by Gasteiger charge is -1.98. The molecule has 3 heteroatoms. The van der Waals surface area contributed by atoms with Gasteiger partial charge in [-0.3, -0.25) is 4.79 Å². The SMILES string of the molecule is COc1coc(/C=C\c2ccc(C)cc2)cc1=O. The number of methoxy groups -OCH3 is 1. The predicted octanol–water partition coefficient (Wildman–Crippen LogP) is 3.13. The van der Waals surface area contributed by atoms with Crippen molar-refractivity contribution in [3.8, 4) is 5.75 Å². The van der Waals surface area contributed by atoms with Gasteiger partial charge in [-0.2, -0.15) is 0 Å². The van der Waals surface area contributed by atoms with E-state index < -0.39 is 0 Å². The average Bonchev–Trinajstić information content (AvgIpc) is 2.38. The van der Waals surface area contributed by atoms with Gasteiger partial charge in [-0.25, -0.2) is 0 Å². The monoisotopic (exact) mass is 242 g/mol. The summed E-state index contributed by atoms with van der Waals surface area (Å²) in [5.74, 6) is 0.712. The van der Waals surface area contributed by atoms with Crippen LogP contribution in [0.2, 0.25) is 0 Å². The zero-order valence-corrected chi connectivity index (χ0v) is 10.3. The molecule has 92 valence electrons. The third kappa shape index (κ3) is 2.88. The van der Waals surface area contributed by atoms with Gasteiger partial charge in [0.1, 0.15) is 12.0 Å². The van der Waals surface area contributed by atoms with Gasteiger partial charge in [-0.1, -0.05) is 35.9 Å². The molecule has 0 N–H and O–H groups in total. The molecule has 3 nitrogen and oxygen atoms in total. The van der Waals surface area contributed by atoms with Gasteiger partial charge in [-0.05, 0) is 18.6 Å². The second kappa shape index (κ2) is 5.36. The molecule has 0 atom stereocenters. The molecule has 0 aliphatic rings. The average molecular weight is 242 g/mol. The standard InChI is InChI=1S/C15H14O3/c1-11-3-5-12(6-4-11)7-8-13-9-14(16)15(17-2)10-18-13/h3-10H,1-2H3/b8-7-. The molecule has 0 bridgehead atoms.